The molecule has 15 N–H and O–H groups in total. The van der Waals surface area contributed by atoms with Crippen LogP contribution >= 0.6 is 23.7 Å². The Labute approximate surface area is 552 Å². The lowest BCUT2D eigenvalue weighted by atomic mass is 9.98. The first-order valence-electron chi connectivity index (χ1n) is 30.4. The number of rotatable bonds is 17. The first kappa shape index (κ1) is 70.9. The maximum absolute atomic E-state index is 14.7. The summed E-state index contributed by atoms with van der Waals surface area (Å²) in [6, 6.07) is 14.2. The first-order valence-corrected chi connectivity index (χ1v) is 31.9. The summed E-state index contributed by atoms with van der Waals surface area (Å²) in [6.45, 7) is 6.60. The monoisotopic (exact) mass is 1360 g/mol. The molecule has 4 saturated heterocycles. The van der Waals surface area contributed by atoms with E-state index in [1.807, 2.05) is 24.3 Å². The summed E-state index contributed by atoms with van der Waals surface area (Å²) in [5.41, 5.74) is 10.1. The van der Waals surface area contributed by atoms with Gasteiger partial charge in [0.1, 0.15) is 46.3 Å². The van der Waals surface area contributed by atoms with E-state index in [-0.39, 0.29) is 41.4 Å². The molecule has 0 saturated carbocycles. The Hall–Kier alpha value is -8.45. The molecule has 95 heavy (non-hydrogen) atoms. The smallest absolute Gasteiger partial charge is 0.261 e. The fourth-order valence-electron chi connectivity index (χ4n) is 11.9. The van der Waals surface area contributed by atoms with Gasteiger partial charge in [-0.1, -0.05) is 82.2 Å². The van der Waals surface area contributed by atoms with Gasteiger partial charge in [-0.2, -0.15) is 0 Å². The number of phenolic OH excluding ortho intramolecular Hbond substituents is 1. The number of ether oxygens (including phenoxy) is 1. The summed E-state index contributed by atoms with van der Waals surface area (Å²) in [6.07, 6.45) is -13.4. The van der Waals surface area contributed by atoms with Crippen LogP contribution in [0.1, 0.15) is 62.9 Å². The number of β-amino-alcohol motifs (C(OH)–C–C–N with tert-alkyl or cyclic N) is 1. The van der Waals surface area contributed by atoms with Crippen molar-refractivity contribution in [2.24, 2.45) is 11.7 Å². The topological polar surface area (TPSA) is 457 Å². The Morgan fingerprint density at radius 3 is 1.93 bits per heavy atom. The second kappa shape index (κ2) is 31.4. The number of aromatic nitrogens is 2. The van der Waals surface area contributed by atoms with Crippen LogP contribution in [-0.4, -0.2) is 226 Å². The molecule has 15 atom stereocenters. The molecular weight excluding hydrogens is 1280 g/mol. The molecule has 0 aliphatic carbocycles. The number of nitrogens with zero attached hydrogens (tertiary/aromatic N) is 5. The zero-order valence-electron chi connectivity index (χ0n) is 51.8. The van der Waals surface area contributed by atoms with E-state index in [1.165, 1.54) is 36.5 Å². The van der Waals surface area contributed by atoms with Crippen molar-refractivity contribution in [2.45, 2.75) is 138 Å². The van der Waals surface area contributed by atoms with Gasteiger partial charge < -0.3 is 91.7 Å². The lowest BCUT2D eigenvalue weighted by molar-refractivity contribution is -0.433. The number of aliphatic hydroxyl groups excluding tert-OH is 6. The molecule has 1 aromatic heterocycles. The number of primary amides is 1. The van der Waals surface area contributed by atoms with Gasteiger partial charge in [-0.25, -0.2) is 5.26 Å². The highest BCUT2D eigenvalue weighted by molar-refractivity contribution is 7.90. The minimum absolute atomic E-state index is 0.00254. The summed E-state index contributed by atoms with van der Waals surface area (Å²) >= 11 is 1.36. The number of nitrogens with two attached hydrogens (primary N) is 1. The van der Waals surface area contributed by atoms with Crippen LogP contribution in [0.4, 0.5) is 5.69 Å². The molecule has 13 unspecified atom stereocenters. The van der Waals surface area contributed by atoms with E-state index in [0.717, 1.165) is 64.3 Å². The largest absolute Gasteiger partial charge is 0.504 e. The molecule has 9 rings (SSSR count). The number of aliphatic hydroxyl groups is 6. The third kappa shape index (κ3) is 17.3. The Bertz CT molecular complexity index is 3560. The summed E-state index contributed by atoms with van der Waals surface area (Å²) < 4.78 is 15.2. The Kier molecular flexibility index (Phi) is 23.4. The van der Waals surface area contributed by atoms with Gasteiger partial charge in [-0.05, 0) is 73.9 Å². The highest BCUT2D eigenvalue weighted by atomic mass is 32.2. The van der Waals surface area contributed by atoms with Crippen molar-refractivity contribution in [3.05, 3.63) is 102 Å². The number of carbonyl (C=O) groups is 8. The van der Waals surface area contributed by atoms with Crippen molar-refractivity contribution in [3.8, 4) is 43.8 Å². The van der Waals surface area contributed by atoms with E-state index in [0.29, 0.717) is 15.6 Å². The highest BCUT2D eigenvalue weighted by Crippen LogP contribution is 2.35. The Morgan fingerprint density at radius 2 is 1.31 bits per heavy atom. The van der Waals surface area contributed by atoms with Gasteiger partial charge >= 0.3 is 0 Å². The Morgan fingerprint density at radius 1 is 0.716 bits per heavy atom. The van der Waals surface area contributed by atoms with E-state index >= 15 is 0 Å². The minimum atomic E-state index is -2.22. The number of aromatic hydroxyl groups is 1. The highest BCUT2D eigenvalue weighted by Gasteiger charge is 2.50. The molecule has 33 heteroatoms. The molecule has 4 aliphatic heterocycles. The molecule has 4 aromatic carbocycles. The van der Waals surface area contributed by atoms with Crippen molar-refractivity contribution in [3.63, 3.8) is 0 Å². The summed E-state index contributed by atoms with van der Waals surface area (Å²) in [4.78, 5) is 118. The van der Waals surface area contributed by atoms with Crippen LogP contribution in [0, 0.1) is 5.92 Å². The molecule has 4 fully saturated rings. The number of hydrogen-bond acceptors (Lipinski definition) is 25. The lowest BCUT2D eigenvalue weighted by Crippen LogP contribution is -2.64. The number of carbonyl (C=O) groups excluding carboxylic acids is 8. The molecule has 5 aromatic rings. The fraction of sp³-hybridized carbons (Fsp3) is 0.452. The van der Waals surface area contributed by atoms with E-state index in [9.17, 15) is 74.1 Å². The van der Waals surface area contributed by atoms with E-state index < -0.39 is 177 Å². The molecular formula is C62H75N11O20S2. The normalized spacial score (nSPS) is 26.8. The third-order valence-corrected chi connectivity index (χ3v) is 18.1. The summed E-state index contributed by atoms with van der Waals surface area (Å²) in [7, 11) is 0. The molecule has 4 aliphatic rings. The number of amides is 8. The molecule has 0 bridgehead atoms. The van der Waals surface area contributed by atoms with E-state index in [1.54, 1.807) is 12.1 Å². The van der Waals surface area contributed by atoms with Crippen LogP contribution < -0.4 is 41.4 Å². The summed E-state index contributed by atoms with van der Waals surface area (Å²) in [5, 5.41) is 113. The van der Waals surface area contributed by atoms with Gasteiger partial charge in [-0.3, -0.25) is 38.4 Å². The van der Waals surface area contributed by atoms with Gasteiger partial charge in [0.2, 0.25) is 41.4 Å². The average Bonchev–Trinajstić information content (AvgIpc) is 1.70. The van der Waals surface area contributed by atoms with Crippen molar-refractivity contribution >= 4 is 76.6 Å². The van der Waals surface area contributed by atoms with Crippen LogP contribution in [-0.2, 0) is 54.1 Å². The number of benzene rings is 4. The fourth-order valence-corrected chi connectivity index (χ4v) is 13.1. The second-order valence-corrected chi connectivity index (χ2v) is 25.5. The van der Waals surface area contributed by atoms with Gasteiger partial charge in [0.05, 0.1) is 55.3 Å². The number of nitrogens with one attached hydrogen (secondary N) is 5. The van der Waals surface area contributed by atoms with Crippen molar-refractivity contribution in [2.75, 3.05) is 37.6 Å². The average molecular weight is 1360 g/mol. The molecule has 5 heterocycles. The zero-order chi connectivity index (χ0) is 68.5. The summed E-state index contributed by atoms with van der Waals surface area (Å²) in [5.74, 6) is -11.1. The minimum Gasteiger partial charge on any atom is -0.504 e. The SMILES string of the molecule is CC(O)C1NC(=O)C(NC(=O)c2ccc(-c3nnc(-c4ccc(-c5ccc(N6C[C@@H](C)O[C@@H](C)C6)cc5)cc4)s3)cc2)CC(O)CNC(=O)C2C(O)C(C)CN2C(=O)C(C(O)CC(N)=O)NC(=O)C(C(O)Cc2ccc(O)c(OSOOO)c2)NC(=O)C2CC(O)CN2C1=O. The van der Waals surface area contributed by atoms with Gasteiger partial charge in [0.25, 0.3) is 18.2 Å². The quantitative estimate of drug-likeness (QED) is 0.0231. The zero-order valence-corrected chi connectivity index (χ0v) is 53.4. The molecule has 8 amide bonds. The number of anilines is 1. The van der Waals surface area contributed by atoms with Crippen molar-refractivity contribution in [1.29, 1.82) is 0 Å². The molecule has 0 spiro atoms. The van der Waals surface area contributed by atoms with Crippen LogP contribution in [0.15, 0.2) is 91.0 Å². The van der Waals surface area contributed by atoms with Gasteiger partial charge in [-0.15, -0.1) is 10.2 Å². The molecule has 31 nitrogen and oxygen atoms in total. The maximum Gasteiger partial charge on any atom is 0.261 e. The van der Waals surface area contributed by atoms with Crippen LogP contribution in [0.3, 0.4) is 0 Å². The maximum atomic E-state index is 14.7. The van der Waals surface area contributed by atoms with E-state index in [2.05, 4.69) is 89.2 Å². The number of morpholine rings is 1. The number of phenols is 1. The predicted octanol–water partition coefficient (Wildman–Crippen LogP) is -0.955. The van der Waals surface area contributed by atoms with Crippen molar-refractivity contribution in [1.82, 2.24) is 46.6 Å². The van der Waals surface area contributed by atoms with E-state index in [4.69, 9.17) is 19.9 Å². The first-order chi connectivity index (χ1) is 45.3. The Balaban J connectivity index is 0.965. The van der Waals surface area contributed by atoms with Gasteiger partial charge in [0.15, 0.2) is 11.5 Å². The second-order valence-electron chi connectivity index (χ2n) is 24.0. The number of fused-ring (bicyclic) bond motifs is 2. The van der Waals surface area contributed by atoms with Crippen LogP contribution in [0.5, 0.6) is 11.5 Å². The standard InChI is InChI=1S/C62H75N11O20S2/c1-29-25-73-52(53(29)81)58(86)64-24-40(75)21-42(65-54(82)36-8-12-38(13-9-36)60-70-69-59(94-60)37-10-6-34(7-11-37)35-14-16-39(17-15-35)71-26-30(2)90-31(3)27-71)55(83)66-49(32(4)74)61(87)72-28-41(76)22-43(72)56(84)67-50(57(85)68-51(62(73)88)46(79)23-48(63)80)45(78)19-33-5-18-44(77)47(20-33)91-95-93-92-89/h5-18,20,29-32,40-43,45-46,49-53,74-79,81,89H,19,21-28H2,1-4H3,(H2,63,80)(H,64,86)(H,65,82)(H,66,83)(H,67,84)(H,68,85)/t29?,30-,31+,32?,40?,41?,42?,43?,45?,46?,49?,50?,51?,52?,53?. The van der Waals surface area contributed by atoms with Crippen molar-refractivity contribution < 1.29 is 97.7 Å². The lowest BCUT2D eigenvalue weighted by Gasteiger charge is -2.36. The van der Waals surface area contributed by atoms with Crippen LogP contribution in [0.25, 0.3) is 32.3 Å². The number of hydrogen-bond donors (Lipinski definition) is 14. The van der Waals surface area contributed by atoms with Crippen LogP contribution in [0.2, 0.25) is 0 Å². The van der Waals surface area contributed by atoms with Gasteiger partial charge in [0, 0.05) is 80.3 Å². The third-order valence-electron chi connectivity index (χ3n) is 16.7. The molecule has 510 valence electrons. The molecule has 0 radical (unpaired) electrons. The predicted molar refractivity (Wildman–Crippen MR) is 338 cm³/mol.